The van der Waals surface area contributed by atoms with Crippen LogP contribution in [0.5, 0.6) is 11.5 Å². The molecule has 0 spiro atoms. The molecule has 0 aliphatic heterocycles. The quantitative estimate of drug-likeness (QED) is 0.0516. The maximum Gasteiger partial charge on any atom is 0.127 e. The minimum atomic E-state index is -0.449. The summed E-state index contributed by atoms with van der Waals surface area (Å²) in [6.45, 7) is 22.9. The van der Waals surface area contributed by atoms with Crippen molar-refractivity contribution >= 4 is 12.4 Å². The first-order chi connectivity index (χ1) is 22.0. The average Bonchev–Trinajstić information content (AvgIpc) is 3.03. The summed E-state index contributed by atoms with van der Waals surface area (Å²) < 4.78 is 1.30. The van der Waals surface area contributed by atoms with Crippen LogP contribution in [0.3, 0.4) is 0 Å². The van der Waals surface area contributed by atoms with Gasteiger partial charge in [0.15, 0.2) is 0 Å². The van der Waals surface area contributed by atoms with Gasteiger partial charge < -0.3 is 37.0 Å². The van der Waals surface area contributed by atoms with Crippen LogP contribution in [0.1, 0.15) is 146 Å². The molecule has 50 heavy (non-hydrogen) atoms. The Kier molecular flexibility index (Phi) is 28.7. The fraction of sp³-hybridized carbons (Fsp3) is 0.614. The van der Waals surface area contributed by atoms with Crippen molar-refractivity contribution in [2.45, 2.75) is 144 Å². The van der Waals surface area contributed by atoms with Crippen LogP contribution < -0.4 is 0 Å². The zero-order chi connectivity index (χ0) is 34.0. The predicted molar refractivity (Wildman–Crippen MR) is 220 cm³/mol. The van der Waals surface area contributed by atoms with Crippen molar-refractivity contribution in [2.24, 2.45) is 9.98 Å². The molecule has 2 aromatic rings. The van der Waals surface area contributed by atoms with Crippen molar-refractivity contribution in [3.8, 4) is 11.5 Å². The van der Waals surface area contributed by atoms with Gasteiger partial charge in [0.05, 0.1) is 38.3 Å². The van der Waals surface area contributed by atoms with Gasteiger partial charge in [-0.3, -0.25) is 9.98 Å². The number of phenolic OH excluding ortho intramolecular Hbond substituents is 2. The van der Waals surface area contributed by atoms with Crippen molar-refractivity contribution in [3.05, 3.63) is 79.9 Å². The molecule has 0 fully saturated rings. The van der Waals surface area contributed by atoms with Crippen molar-refractivity contribution in [1.29, 1.82) is 0 Å². The van der Waals surface area contributed by atoms with Gasteiger partial charge in [-0.1, -0.05) is 71.9 Å². The Balaban J connectivity index is -0.00000552. The van der Waals surface area contributed by atoms with Crippen molar-refractivity contribution in [3.63, 3.8) is 0 Å². The molecule has 0 aliphatic carbocycles. The number of hydrogen-bond donors (Lipinski definition) is 2. The van der Waals surface area contributed by atoms with E-state index in [2.05, 4.69) is 65.8 Å². The summed E-state index contributed by atoms with van der Waals surface area (Å²) in [6.07, 6.45) is 19.4. The van der Waals surface area contributed by atoms with E-state index in [1.807, 2.05) is 13.8 Å². The third-order valence-electron chi connectivity index (χ3n) is 9.42. The maximum absolute atomic E-state index is 10.8. The minimum absolute atomic E-state index is 0. The number of unbranched alkanes of at least 4 members (excludes halogenated alkanes) is 6. The molecular formula is C44H77CoN3O2-2. The van der Waals surface area contributed by atoms with Crippen molar-refractivity contribution in [1.82, 2.24) is 0 Å². The number of aryl methyl sites for hydroxylation is 4. The van der Waals surface area contributed by atoms with Gasteiger partial charge in [-0.2, -0.15) is 0 Å². The SMILES string of the molecule is CCCCCc1cc(C)c(O)c(C=NC(C)(C)CN=Cc2cc(CCCC[N+](CCCC)(CCCC)CCCC)cc(C)c2O)c1.[CH3-].[CH3-].[CH3-].[Co]. The molecule has 0 aromatic heterocycles. The molecule has 0 heterocycles. The Labute approximate surface area is 321 Å². The monoisotopic (exact) mass is 739 g/mol. The van der Waals surface area contributed by atoms with Crippen LogP contribution in [0.2, 0.25) is 0 Å². The number of hydrogen-bond acceptors (Lipinski definition) is 4. The van der Waals surface area contributed by atoms with Gasteiger partial charge in [0.1, 0.15) is 11.5 Å². The van der Waals surface area contributed by atoms with Crippen LogP contribution in [0.4, 0.5) is 0 Å². The summed E-state index contributed by atoms with van der Waals surface area (Å²) in [4.78, 5) is 9.54. The third-order valence-corrected chi connectivity index (χ3v) is 9.42. The van der Waals surface area contributed by atoms with Crippen LogP contribution in [-0.2, 0) is 29.6 Å². The first-order valence-corrected chi connectivity index (χ1v) is 18.5. The predicted octanol–water partition coefficient (Wildman–Crippen LogP) is 11.7. The summed E-state index contributed by atoms with van der Waals surface area (Å²) in [5.74, 6) is 0.607. The number of aromatic hydroxyl groups is 2. The zero-order valence-electron chi connectivity index (χ0n) is 34.3. The van der Waals surface area contributed by atoms with Gasteiger partial charge in [-0.15, -0.1) is 0 Å². The molecule has 0 aliphatic rings. The number of rotatable bonds is 23. The Morgan fingerprint density at radius 3 is 1.44 bits per heavy atom. The van der Waals surface area contributed by atoms with Crippen LogP contribution in [0.25, 0.3) is 0 Å². The summed E-state index contributed by atoms with van der Waals surface area (Å²) >= 11 is 0. The molecule has 0 unspecified atom stereocenters. The van der Waals surface area contributed by atoms with Gasteiger partial charge in [-0.25, -0.2) is 0 Å². The Morgan fingerprint density at radius 2 is 1.00 bits per heavy atom. The van der Waals surface area contributed by atoms with E-state index in [1.165, 1.54) is 106 Å². The van der Waals surface area contributed by atoms with E-state index in [9.17, 15) is 10.2 Å². The first-order valence-electron chi connectivity index (χ1n) is 18.5. The smallest absolute Gasteiger partial charge is 0.127 e. The van der Waals surface area contributed by atoms with E-state index in [0.717, 1.165) is 41.5 Å². The number of quaternary nitrogens is 1. The van der Waals surface area contributed by atoms with E-state index >= 15 is 0 Å². The molecular weight excluding hydrogens is 661 g/mol. The zero-order valence-corrected chi connectivity index (χ0v) is 35.3. The van der Waals surface area contributed by atoms with Crippen molar-refractivity contribution < 1.29 is 31.5 Å². The fourth-order valence-electron chi connectivity index (χ4n) is 6.41. The Hall–Kier alpha value is -2.15. The minimum Gasteiger partial charge on any atom is -0.507 e. The first kappa shape index (κ1) is 52.2. The molecule has 1 radical (unpaired) electrons. The molecule has 0 bridgehead atoms. The fourth-order valence-corrected chi connectivity index (χ4v) is 6.41. The number of phenols is 2. The molecule has 0 amide bonds. The van der Waals surface area contributed by atoms with E-state index in [0.29, 0.717) is 18.0 Å². The van der Waals surface area contributed by atoms with Crippen LogP contribution in [0, 0.1) is 36.1 Å². The number of nitrogens with zero attached hydrogens (tertiary/aromatic N) is 3. The average molecular weight is 739 g/mol. The van der Waals surface area contributed by atoms with Crippen LogP contribution in [-0.4, -0.2) is 65.4 Å². The van der Waals surface area contributed by atoms with Gasteiger partial charge in [-0.05, 0) is 113 Å². The summed E-state index contributed by atoms with van der Waals surface area (Å²) in [6, 6.07) is 8.40. The van der Waals surface area contributed by atoms with Gasteiger partial charge in [0.2, 0.25) is 0 Å². The number of benzene rings is 2. The summed E-state index contributed by atoms with van der Waals surface area (Å²) in [5, 5.41) is 21.5. The maximum atomic E-state index is 10.8. The van der Waals surface area contributed by atoms with Gasteiger partial charge >= 0.3 is 0 Å². The van der Waals surface area contributed by atoms with E-state index in [4.69, 9.17) is 9.98 Å². The van der Waals surface area contributed by atoms with E-state index in [-0.39, 0.29) is 39.1 Å². The molecule has 0 saturated heterocycles. The molecule has 2 rings (SSSR count). The Bertz CT molecular complexity index is 1220. The summed E-state index contributed by atoms with van der Waals surface area (Å²) in [5.41, 5.74) is 5.40. The molecule has 0 atom stereocenters. The van der Waals surface area contributed by atoms with Gasteiger partial charge in [0, 0.05) is 40.3 Å². The molecule has 5 nitrogen and oxygen atoms in total. The molecule has 2 N–H and O–H groups in total. The molecule has 2 aromatic carbocycles. The van der Waals surface area contributed by atoms with E-state index < -0.39 is 5.54 Å². The molecule has 0 saturated carbocycles. The molecule has 291 valence electrons. The Morgan fingerprint density at radius 1 is 0.600 bits per heavy atom. The molecule has 6 heteroatoms. The van der Waals surface area contributed by atoms with Crippen LogP contribution >= 0.6 is 0 Å². The second kappa shape index (κ2) is 27.5. The second-order valence-corrected chi connectivity index (χ2v) is 14.5. The van der Waals surface area contributed by atoms with E-state index in [1.54, 1.807) is 12.4 Å². The number of aliphatic imine (C=N–C) groups is 2. The second-order valence-electron chi connectivity index (χ2n) is 14.5. The summed E-state index contributed by atoms with van der Waals surface area (Å²) in [7, 11) is 0. The third kappa shape index (κ3) is 18.4. The normalized spacial score (nSPS) is 11.6. The topological polar surface area (TPSA) is 65.2 Å². The van der Waals surface area contributed by atoms with Gasteiger partial charge in [0.25, 0.3) is 0 Å². The van der Waals surface area contributed by atoms with Crippen LogP contribution in [0.15, 0.2) is 34.3 Å². The van der Waals surface area contributed by atoms with Crippen molar-refractivity contribution in [2.75, 3.05) is 32.7 Å². The standard InChI is InChI=1S/C41H67N3O2.3CH3.Co/c1-9-13-17-20-35-27-34(6)40(46)38(29-35)31-43-41(7,8)32-42-30-37-28-36(26-33(5)39(37)45)21-18-19-25-44(22-14-10-2,23-15-11-3)24-16-12-4;;;;/h26-31H,9-25,32H2,1-8H3,(H-,42,43,45,46);3*1H3;/q;3*-1;/p+1. The largest absolute Gasteiger partial charge is 0.507 e.